The fraction of sp³-hybridized carbons (Fsp3) is 0.382. The first-order valence-electron chi connectivity index (χ1n) is 14.7. The lowest BCUT2D eigenvalue weighted by molar-refractivity contribution is 0.0681. The fourth-order valence-corrected chi connectivity index (χ4v) is 6.84. The number of carbonyl (C=O) groups is 1. The first-order valence-corrected chi connectivity index (χ1v) is 14.7. The Morgan fingerprint density at radius 1 is 0.850 bits per heavy atom. The highest BCUT2D eigenvalue weighted by Crippen LogP contribution is 2.42. The van der Waals surface area contributed by atoms with Gasteiger partial charge in [-0.2, -0.15) is 0 Å². The molecule has 1 aromatic heterocycles. The molecule has 6 heteroatoms. The van der Waals surface area contributed by atoms with Gasteiger partial charge in [-0.3, -0.25) is 0 Å². The van der Waals surface area contributed by atoms with Gasteiger partial charge in [-0.15, -0.1) is 0 Å². The zero-order chi connectivity index (χ0) is 27.6. The Labute approximate surface area is 236 Å². The van der Waals surface area contributed by atoms with Gasteiger partial charge in [-0.05, 0) is 81.9 Å². The molecule has 0 spiro atoms. The highest BCUT2D eigenvalue weighted by atomic mass is 16.5. The van der Waals surface area contributed by atoms with E-state index in [1.165, 1.54) is 6.42 Å². The summed E-state index contributed by atoms with van der Waals surface area (Å²) in [5.41, 5.74) is 4.29. The minimum absolute atomic E-state index is 0.00475. The van der Waals surface area contributed by atoms with Crippen LogP contribution in [0.3, 0.4) is 0 Å². The zero-order valence-electron chi connectivity index (χ0n) is 23.3. The molecule has 5 unspecified atom stereocenters. The van der Waals surface area contributed by atoms with E-state index < -0.39 is 5.97 Å². The highest BCUT2D eigenvalue weighted by Gasteiger charge is 2.34. The molecule has 6 nitrogen and oxygen atoms in total. The molecule has 4 aromatic rings. The van der Waals surface area contributed by atoms with E-state index >= 15 is 0 Å². The van der Waals surface area contributed by atoms with Gasteiger partial charge in [-0.1, -0.05) is 60.7 Å². The Kier molecular flexibility index (Phi) is 7.63. The van der Waals surface area contributed by atoms with E-state index in [0.29, 0.717) is 11.7 Å². The van der Waals surface area contributed by atoms with Crippen LogP contribution in [0.2, 0.25) is 0 Å². The maximum atomic E-state index is 13.1. The Hall–Kier alpha value is -3.61. The number of ether oxygens (including phenoxy) is 1. The number of rotatable bonds is 9. The van der Waals surface area contributed by atoms with Crippen molar-refractivity contribution in [2.24, 2.45) is 0 Å². The van der Waals surface area contributed by atoms with Crippen molar-refractivity contribution in [3.8, 4) is 5.75 Å². The van der Waals surface area contributed by atoms with E-state index in [1.807, 2.05) is 42.5 Å². The predicted molar refractivity (Wildman–Crippen MR) is 160 cm³/mol. The van der Waals surface area contributed by atoms with Gasteiger partial charge >= 0.3 is 5.97 Å². The smallest absolute Gasteiger partial charge is 0.352 e. The van der Waals surface area contributed by atoms with Crippen LogP contribution in [0.4, 0.5) is 0 Å². The van der Waals surface area contributed by atoms with Gasteiger partial charge < -0.3 is 25.0 Å². The van der Waals surface area contributed by atoms with Crippen LogP contribution in [0, 0.1) is 0 Å². The van der Waals surface area contributed by atoms with Crippen molar-refractivity contribution < 1.29 is 14.6 Å². The second-order valence-electron chi connectivity index (χ2n) is 11.3. The molecule has 3 heterocycles. The van der Waals surface area contributed by atoms with Crippen molar-refractivity contribution in [2.45, 2.75) is 69.7 Å². The Morgan fingerprint density at radius 3 is 2.12 bits per heavy atom. The lowest BCUT2D eigenvalue weighted by atomic mass is 9.83. The molecule has 2 aliphatic heterocycles. The van der Waals surface area contributed by atoms with Crippen molar-refractivity contribution in [3.05, 3.63) is 101 Å². The van der Waals surface area contributed by atoms with Crippen molar-refractivity contribution in [2.75, 3.05) is 13.1 Å². The average Bonchev–Trinajstić information content (AvgIpc) is 3.76. The molecule has 3 aromatic carbocycles. The SMILES string of the molecule is CC(Oc1ccc(C(c2ccccc2)c2c(C(=O)O)n(C(C)C3CCCN3)c3ccccc23)cc1)C1CCCN1. The van der Waals surface area contributed by atoms with Gasteiger partial charge in [0.2, 0.25) is 0 Å². The van der Waals surface area contributed by atoms with Crippen molar-refractivity contribution in [3.63, 3.8) is 0 Å². The zero-order valence-corrected chi connectivity index (χ0v) is 23.3. The molecule has 40 heavy (non-hydrogen) atoms. The number of hydrogen-bond donors (Lipinski definition) is 3. The van der Waals surface area contributed by atoms with Gasteiger partial charge in [0.1, 0.15) is 17.5 Å². The van der Waals surface area contributed by atoms with Crippen molar-refractivity contribution >= 4 is 16.9 Å². The number of carboxylic acids is 1. The second kappa shape index (κ2) is 11.5. The molecule has 0 radical (unpaired) electrons. The van der Waals surface area contributed by atoms with Crippen molar-refractivity contribution in [1.82, 2.24) is 15.2 Å². The van der Waals surface area contributed by atoms with Crippen LogP contribution >= 0.6 is 0 Å². The Morgan fingerprint density at radius 2 is 1.48 bits per heavy atom. The van der Waals surface area contributed by atoms with Crippen LogP contribution in [0.1, 0.15) is 78.7 Å². The molecule has 5 atom stereocenters. The standard InChI is InChI=1S/C34H39N3O3/c1-22(28-13-8-20-35-28)37-30-15-7-6-12-27(30)32(33(37)34(38)39)31(24-10-4-3-5-11-24)25-16-18-26(19-17-25)40-23(2)29-14-9-21-36-29/h3-7,10-12,15-19,22-23,28-29,31,35-36H,8-9,13-14,20-21H2,1-2H3,(H,38,39). The lowest BCUT2D eigenvalue weighted by Crippen LogP contribution is -2.36. The molecule has 2 aliphatic rings. The van der Waals surface area contributed by atoms with Crippen LogP contribution < -0.4 is 15.4 Å². The summed E-state index contributed by atoms with van der Waals surface area (Å²) >= 11 is 0. The number of benzene rings is 3. The first-order chi connectivity index (χ1) is 19.5. The van der Waals surface area contributed by atoms with Gasteiger partial charge in [0.15, 0.2) is 0 Å². The summed E-state index contributed by atoms with van der Waals surface area (Å²) in [7, 11) is 0. The minimum Gasteiger partial charge on any atom is -0.489 e. The molecular formula is C34H39N3O3. The summed E-state index contributed by atoms with van der Waals surface area (Å²) in [5, 5.41) is 18.9. The third-order valence-corrected chi connectivity index (χ3v) is 8.86. The maximum Gasteiger partial charge on any atom is 0.352 e. The summed E-state index contributed by atoms with van der Waals surface area (Å²) in [6.07, 6.45) is 4.55. The largest absolute Gasteiger partial charge is 0.489 e. The third-order valence-electron chi connectivity index (χ3n) is 8.86. The van der Waals surface area contributed by atoms with E-state index in [1.54, 1.807) is 0 Å². The quantitative estimate of drug-likeness (QED) is 0.232. The average molecular weight is 538 g/mol. The fourth-order valence-electron chi connectivity index (χ4n) is 6.84. The van der Waals surface area contributed by atoms with Gasteiger partial charge in [0, 0.05) is 40.5 Å². The summed E-state index contributed by atoms with van der Waals surface area (Å²) in [5.74, 6) is -0.307. The minimum atomic E-state index is -0.894. The molecule has 0 aliphatic carbocycles. The van der Waals surface area contributed by atoms with Gasteiger partial charge in [-0.25, -0.2) is 4.79 Å². The molecule has 0 amide bonds. The van der Waals surface area contributed by atoms with Gasteiger partial charge in [0.25, 0.3) is 0 Å². The number of aromatic nitrogens is 1. The molecule has 3 N–H and O–H groups in total. The molecular weight excluding hydrogens is 498 g/mol. The number of hydrogen-bond acceptors (Lipinski definition) is 4. The van der Waals surface area contributed by atoms with E-state index in [9.17, 15) is 9.90 Å². The second-order valence-corrected chi connectivity index (χ2v) is 11.3. The van der Waals surface area contributed by atoms with Gasteiger partial charge in [0.05, 0.1) is 0 Å². The topological polar surface area (TPSA) is 75.5 Å². The monoisotopic (exact) mass is 537 g/mol. The number of nitrogens with one attached hydrogen (secondary N) is 2. The first kappa shape index (κ1) is 26.6. The normalized spacial score (nSPS) is 21.4. The number of nitrogens with zero attached hydrogens (tertiary/aromatic N) is 1. The number of aromatic carboxylic acids is 1. The maximum absolute atomic E-state index is 13.1. The molecule has 2 fully saturated rings. The van der Waals surface area contributed by atoms with E-state index in [-0.39, 0.29) is 24.1 Å². The summed E-state index contributed by atoms with van der Waals surface area (Å²) in [4.78, 5) is 13.1. The third kappa shape index (κ3) is 5.02. The molecule has 0 saturated carbocycles. The van der Waals surface area contributed by atoms with Crippen LogP contribution in [0.15, 0.2) is 78.9 Å². The molecule has 6 rings (SSSR count). The Balaban J connectivity index is 1.47. The van der Waals surface area contributed by atoms with Crippen LogP contribution in [-0.4, -0.2) is 46.9 Å². The predicted octanol–water partition coefficient (Wildman–Crippen LogP) is 6.35. The molecule has 208 valence electrons. The summed E-state index contributed by atoms with van der Waals surface area (Å²) < 4.78 is 8.37. The molecule has 0 bridgehead atoms. The van der Waals surface area contributed by atoms with E-state index in [2.05, 4.69) is 65.4 Å². The highest BCUT2D eigenvalue weighted by molar-refractivity contribution is 5.99. The van der Waals surface area contributed by atoms with Crippen LogP contribution in [0.5, 0.6) is 5.75 Å². The lowest BCUT2D eigenvalue weighted by Gasteiger charge is -2.25. The molecule has 2 saturated heterocycles. The number of para-hydroxylation sites is 1. The summed E-state index contributed by atoms with van der Waals surface area (Å²) in [6.45, 7) is 6.29. The van der Waals surface area contributed by atoms with Crippen LogP contribution in [-0.2, 0) is 0 Å². The van der Waals surface area contributed by atoms with E-state index in [4.69, 9.17) is 4.74 Å². The van der Waals surface area contributed by atoms with E-state index in [0.717, 1.165) is 65.7 Å². The Bertz CT molecular complexity index is 1450. The number of fused-ring (bicyclic) bond motifs is 1. The number of carboxylic acid groups (broad SMARTS) is 1. The summed E-state index contributed by atoms with van der Waals surface area (Å²) in [6, 6.07) is 27.3. The van der Waals surface area contributed by atoms with Crippen molar-refractivity contribution in [1.29, 1.82) is 0 Å². The van der Waals surface area contributed by atoms with Crippen LogP contribution in [0.25, 0.3) is 10.9 Å².